The molecule has 0 aliphatic carbocycles. The Kier molecular flexibility index (Phi) is 11.0. The zero-order valence-corrected chi connectivity index (χ0v) is 22.0. The molecule has 0 radical (unpaired) electrons. The quantitative estimate of drug-likeness (QED) is 0.361. The Morgan fingerprint density at radius 1 is 0.969 bits per heavy atom. The molecule has 0 aliphatic heterocycles. The summed E-state index contributed by atoms with van der Waals surface area (Å²) >= 11 is 25.9. The van der Waals surface area contributed by atoms with Crippen LogP contribution >= 0.6 is 58.2 Å². The standard InChI is InChI=1S/C23H26Cl4N2O2S/c1-4-14(2)28-23(31)15(3)29(11-16-5-7-18(24)9-20(16)26)22(30)13-32-12-17-6-8-19(25)10-21(17)27/h5-10,14-15H,4,11-13H2,1-3H3,(H,28,31). The Morgan fingerprint density at radius 2 is 1.53 bits per heavy atom. The van der Waals surface area contributed by atoms with Crippen molar-refractivity contribution in [1.82, 2.24) is 10.2 Å². The molecule has 2 unspecified atom stereocenters. The molecule has 9 heteroatoms. The largest absolute Gasteiger partial charge is 0.352 e. The van der Waals surface area contributed by atoms with Crippen molar-refractivity contribution in [2.24, 2.45) is 0 Å². The lowest BCUT2D eigenvalue weighted by Gasteiger charge is -2.30. The van der Waals surface area contributed by atoms with Gasteiger partial charge < -0.3 is 10.2 Å². The summed E-state index contributed by atoms with van der Waals surface area (Å²) in [6.45, 7) is 5.84. The average molecular weight is 536 g/mol. The molecule has 0 spiro atoms. The molecule has 2 aromatic rings. The number of nitrogens with zero attached hydrogens (tertiary/aromatic N) is 1. The van der Waals surface area contributed by atoms with Crippen LogP contribution in [-0.2, 0) is 21.9 Å². The van der Waals surface area contributed by atoms with Crippen LogP contribution in [0.15, 0.2) is 36.4 Å². The first-order valence-electron chi connectivity index (χ1n) is 10.2. The van der Waals surface area contributed by atoms with E-state index in [0.29, 0.717) is 25.8 Å². The van der Waals surface area contributed by atoms with Gasteiger partial charge in [0, 0.05) is 38.4 Å². The first-order chi connectivity index (χ1) is 15.1. The van der Waals surface area contributed by atoms with Crippen molar-refractivity contribution in [1.29, 1.82) is 0 Å². The highest BCUT2D eigenvalue weighted by Crippen LogP contribution is 2.26. The molecule has 174 valence electrons. The van der Waals surface area contributed by atoms with Gasteiger partial charge in [0.2, 0.25) is 11.8 Å². The lowest BCUT2D eigenvalue weighted by Crippen LogP contribution is -2.50. The maximum Gasteiger partial charge on any atom is 0.242 e. The van der Waals surface area contributed by atoms with Gasteiger partial charge in [0.1, 0.15) is 6.04 Å². The zero-order chi connectivity index (χ0) is 23.8. The van der Waals surface area contributed by atoms with Gasteiger partial charge in [-0.3, -0.25) is 9.59 Å². The Balaban J connectivity index is 2.14. The van der Waals surface area contributed by atoms with Crippen molar-refractivity contribution in [2.45, 2.75) is 51.6 Å². The van der Waals surface area contributed by atoms with E-state index in [2.05, 4.69) is 5.32 Å². The van der Waals surface area contributed by atoms with Crippen LogP contribution in [0.4, 0.5) is 0 Å². The molecular weight excluding hydrogens is 510 g/mol. The van der Waals surface area contributed by atoms with Gasteiger partial charge in [-0.05, 0) is 55.7 Å². The minimum Gasteiger partial charge on any atom is -0.352 e. The van der Waals surface area contributed by atoms with Gasteiger partial charge in [0.15, 0.2) is 0 Å². The third kappa shape index (κ3) is 8.03. The average Bonchev–Trinajstić information content (AvgIpc) is 2.74. The van der Waals surface area contributed by atoms with E-state index in [9.17, 15) is 9.59 Å². The topological polar surface area (TPSA) is 49.4 Å². The van der Waals surface area contributed by atoms with Crippen LogP contribution in [0.25, 0.3) is 0 Å². The predicted octanol–water partition coefficient (Wildman–Crippen LogP) is 6.87. The number of carbonyl (C=O) groups is 2. The highest BCUT2D eigenvalue weighted by Gasteiger charge is 2.27. The molecule has 32 heavy (non-hydrogen) atoms. The zero-order valence-electron chi connectivity index (χ0n) is 18.1. The first kappa shape index (κ1) is 27.1. The van der Waals surface area contributed by atoms with E-state index in [1.165, 1.54) is 11.8 Å². The van der Waals surface area contributed by atoms with Gasteiger partial charge >= 0.3 is 0 Å². The van der Waals surface area contributed by atoms with Crippen molar-refractivity contribution >= 4 is 70.0 Å². The molecule has 0 fully saturated rings. The highest BCUT2D eigenvalue weighted by molar-refractivity contribution is 7.99. The summed E-state index contributed by atoms with van der Waals surface area (Å²) in [6, 6.07) is 9.75. The molecule has 0 bridgehead atoms. The number of rotatable bonds is 10. The van der Waals surface area contributed by atoms with Crippen molar-refractivity contribution < 1.29 is 9.59 Å². The SMILES string of the molecule is CCC(C)NC(=O)C(C)N(Cc1ccc(Cl)cc1Cl)C(=O)CSCc1ccc(Cl)cc1Cl. The second-order valence-corrected chi connectivity index (χ2v) is 10.2. The summed E-state index contributed by atoms with van der Waals surface area (Å²) in [7, 11) is 0. The number of thioether (sulfide) groups is 1. The molecular formula is C23H26Cl4N2O2S. The lowest BCUT2D eigenvalue weighted by molar-refractivity contribution is -0.138. The predicted molar refractivity (Wildman–Crippen MR) is 137 cm³/mol. The van der Waals surface area contributed by atoms with Gasteiger partial charge in [-0.2, -0.15) is 0 Å². The second-order valence-electron chi connectivity index (χ2n) is 7.48. The van der Waals surface area contributed by atoms with Crippen LogP contribution in [0.5, 0.6) is 0 Å². The van der Waals surface area contributed by atoms with E-state index in [1.807, 2.05) is 19.9 Å². The van der Waals surface area contributed by atoms with Crippen molar-refractivity contribution in [2.75, 3.05) is 5.75 Å². The van der Waals surface area contributed by atoms with Crippen LogP contribution in [0.2, 0.25) is 20.1 Å². The van der Waals surface area contributed by atoms with Gasteiger partial charge in [-0.1, -0.05) is 65.5 Å². The minimum absolute atomic E-state index is 0.0162. The first-order valence-corrected chi connectivity index (χ1v) is 12.8. The summed E-state index contributed by atoms with van der Waals surface area (Å²) in [4.78, 5) is 27.5. The molecule has 2 amide bonds. The van der Waals surface area contributed by atoms with Crippen LogP contribution in [0.1, 0.15) is 38.3 Å². The molecule has 0 saturated carbocycles. The minimum atomic E-state index is -0.664. The molecule has 0 aromatic heterocycles. The van der Waals surface area contributed by atoms with Gasteiger partial charge in [-0.15, -0.1) is 11.8 Å². The maximum absolute atomic E-state index is 13.2. The summed E-state index contributed by atoms with van der Waals surface area (Å²) in [5, 5.41) is 5.02. The van der Waals surface area contributed by atoms with Crippen molar-refractivity contribution in [3.05, 3.63) is 67.6 Å². The van der Waals surface area contributed by atoms with Gasteiger partial charge in [0.25, 0.3) is 0 Å². The number of hydrogen-bond acceptors (Lipinski definition) is 3. The van der Waals surface area contributed by atoms with E-state index in [0.717, 1.165) is 17.5 Å². The Labute approximate surface area is 213 Å². The fourth-order valence-corrected chi connectivity index (χ4v) is 4.79. The van der Waals surface area contributed by atoms with E-state index in [4.69, 9.17) is 46.4 Å². The summed E-state index contributed by atoms with van der Waals surface area (Å²) in [6.07, 6.45) is 0.799. The molecule has 2 atom stereocenters. The van der Waals surface area contributed by atoms with Crippen molar-refractivity contribution in [3.8, 4) is 0 Å². The van der Waals surface area contributed by atoms with Crippen molar-refractivity contribution in [3.63, 3.8) is 0 Å². The van der Waals surface area contributed by atoms with Crippen LogP contribution in [-0.4, -0.2) is 34.6 Å². The third-order valence-electron chi connectivity index (χ3n) is 5.02. The fraction of sp³-hybridized carbons (Fsp3) is 0.391. The normalized spacial score (nSPS) is 12.8. The summed E-state index contributed by atoms with van der Waals surface area (Å²) in [5.41, 5.74) is 1.61. The molecule has 2 aromatic carbocycles. The monoisotopic (exact) mass is 534 g/mol. The number of benzene rings is 2. The number of carbonyl (C=O) groups excluding carboxylic acids is 2. The van der Waals surface area contributed by atoms with Gasteiger partial charge in [-0.25, -0.2) is 0 Å². The smallest absolute Gasteiger partial charge is 0.242 e. The van der Waals surface area contributed by atoms with E-state index >= 15 is 0 Å². The third-order valence-corrected chi connectivity index (χ3v) is 7.16. The van der Waals surface area contributed by atoms with Crippen LogP contribution in [0.3, 0.4) is 0 Å². The van der Waals surface area contributed by atoms with E-state index in [1.54, 1.807) is 42.2 Å². The molecule has 1 N–H and O–H groups in total. The molecule has 4 nitrogen and oxygen atoms in total. The molecule has 0 aliphatic rings. The van der Waals surface area contributed by atoms with Crippen LogP contribution in [0, 0.1) is 0 Å². The Bertz CT molecular complexity index is 958. The summed E-state index contributed by atoms with van der Waals surface area (Å²) in [5.74, 6) is 0.358. The maximum atomic E-state index is 13.2. The van der Waals surface area contributed by atoms with Crippen LogP contribution < -0.4 is 5.32 Å². The van der Waals surface area contributed by atoms with E-state index in [-0.39, 0.29) is 30.2 Å². The second kappa shape index (κ2) is 13.0. The number of hydrogen-bond donors (Lipinski definition) is 1. The number of amides is 2. The lowest BCUT2D eigenvalue weighted by atomic mass is 10.1. The molecule has 2 rings (SSSR count). The number of halogens is 4. The summed E-state index contributed by atoms with van der Waals surface area (Å²) < 4.78 is 0. The fourth-order valence-electron chi connectivity index (χ4n) is 2.85. The Hall–Kier alpha value is -1.11. The molecule has 0 saturated heterocycles. The van der Waals surface area contributed by atoms with Gasteiger partial charge in [0.05, 0.1) is 5.75 Å². The van der Waals surface area contributed by atoms with E-state index < -0.39 is 6.04 Å². The Morgan fingerprint density at radius 3 is 2.06 bits per heavy atom. The number of nitrogens with one attached hydrogen (secondary N) is 1. The molecule has 0 heterocycles. The highest BCUT2D eigenvalue weighted by atomic mass is 35.5.